The third-order valence-electron chi connectivity index (χ3n) is 7.77. The van der Waals surface area contributed by atoms with Gasteiger partial charge in [0.15, 0.2) is 0 Å². The fourth-order valence-electron chi connectivity index (χ4n) is 5.33. The van der Waals surface area contributed by atoms with Crippen LogP contribution >= 0.6 is 0 Å². The predicted octanol–water partition coefficient (Wildman–Crippen LogP) is 10.9. The molecule has 0 amide bonds. The zero-order valence-electron chi connectivity index (χ0n) is 25.5. The van der Waals surface area contributed by atoms with Crippen LogP contribution in [0, 0.1) is 5.92 Å². The molecule has 39 heavy (non-hydrogen) atoms. The lowest BCUT2D eigenvalue weighted by Gasteiger charge is -2.17. The third kappa shape index (κ3) is 21.4. The van der Waals surface area contributed by atoms with Crippen LogP contribution in [0.2, 0.25) is 0 Å². The zero-order chi connectivity index (χ0) is 28.2. The second-order valence-corrected chi connectivity index (χ2v) is 11.4. The van der Waals surface area contributed by atoms with Crippen molar-refractivity contribution < 1.29 is 9.90 Å². The number of unbranched alkanes of at least 4 members (excludes halogenated alkanes) is 16. The molecule has 220 valence electrons. The van der Waals surface area contributed by atoms with E-state index in [1.807, 2.05) is 12.1 Å². The summed E-state index contributed by atoms with van der Waals surface area (Å²) in [6.45, 7) is 4.52. The third-order valence-corrected chi connectivity index (χ3v) is 7.77. The maximum atomic E-state index is 11.0. The van der Waals surface area contributed by atoms with E-state index < -0.39 is 5.97 Å². The van der Waals surface area contributed by atoms with E-state index in [2.05, 4.69) is 62.4 Å². The molecule has 2 aromatic carbocycles. The Kier molecular flexibility index (Phi) is 23.4. The van der Waals surface area contributed by atoms with E-state index in [4.69, 9.17) is 0 Å². The number of benzene rings is 2. The summed E-state index contributed by atoms with van der Waals surface area (Å²) in [5.41, 5.74) is 2.55. The van der Waals surface area contributed by atoms with Gasteiger partial charge in [-0.2, -0.15) is 0 Å². The Morgan fingerprint density at radius 1 is 0.513 bits per heavy atom. The molecule has 0 radical (unpaired) electrons. The Bertz CT molecular complexity index is 733. The zero-order valence-corrected chi connectivity index (χ0v) is 25.5. The first-order valence-corrected chi connectivity index (χ1v) is 16.5. The van der Waals surface area contributed by atoms with Crippen molar-refractivity contribution in [3.8, 4) is 11.1 Å². The number of hydrogen-bond donors (Lipinski definition) is 0. The van der Waals surface area contributed by atoms with Crippen molar-refractivity contribution >= 4 is 5.97 Å². The first kappa shape index (κ1) is 34.9. The minimum absolute atomic E-state index is 0.272. The van der Waals surface area contributed by atoms with E-state index in [1.54, 1.807) is 0 Å². The second-order valence-electron chi connectivity index (χ2n) is 11.4. The maximum Gasteiger partial charge on any atom is 0.0417 e. The molecule has 0 aliphatic heterocycles. The van der Waals surface area contributed by atoms with Crippen molar-refractivity contribution in [3.63, 3.8) is 0 Å². The Morgan fingerprint density at radius 2 is 0.821 bits per heavy atom. The largest absolute Gasteiger partial charge is 0.550 e. The average molecular weight is 536 g/mol. The molecule has 1 atom stereocenters. The monoisotopic (exact) mass is 535 g/mol. The Balaban J connectivity index is 0.000000516. The van der Waals surface area contributed by atoms with Crippen LogP contribution in [0.3, 0.4) is 0 Å². The van der Waals surface area contributed by atoms with E-state index in [0.717, 1.165) is 12.8 Å². The smallest absolute Gasteiger partial charge is 0.0417 e. The number of rotatable bonds is 23. The quantitative estimate of drug-likeness (QED) is 0.133. The molecule has 0 heterocycles. The molecule has 2 aromatic rings. The summed E-state index contributed by atoms with van der Waals surface area (Å²) in [5.74, 6) is -0.504. The Labute approximate surface area is 242 Å². The van der Waals surface area contributed by atoms with Crippen molar-refractivity contribution in [3.05, 3.63) is 60.7 Å². The summed E-state index contributed by atoms with van der Waals surface area (Å²) in [6.07, 6.45) is 26.4. The number of carbonyl (C=O) groups is 1. The summed E-state index contributed by atoms with van der Waals surface area (Å²) >= 11 is 0. The summed E-state index contributed by atoms with van der Waals surface area (Å²) in [4.78, 5) is 11.0. The summed E-state index contributed by atoms with van der Waals surface area (Å²) in [7, 11) is 0. The first-order valence-electron chi connectivity index (χ1n) is 16.5. The standard InChI is InChI=1S/C25H50O2.C12H10/c1-3-5-7-9-11-13-14-16-18-20-22-24(23-25(26)27)21-19-17-15-12-10-8-6-4-2;1-3-7-11(8-4-1)12-9-5-2-6-10-12/h24H,3-23H2,1-2H3,(H,26,27);1-10H/p-1. The van der Waals surface area contributed by atoms with Gasteiger partial charge in [0, 0.05) is 5.97 Å². The van der Waals surface area contributed by atoms with Gasteiger partial charge in [0.2, 0.25) is 0 Å². The normalized spacial score (nSPS) is 11.5. The summed E-state index contributed by atoms with van der Waals surface area (Å²) < 4.78 is 0. The van der Waals surface area contributed by atoms with E-state index in [9.17, 15) is 9.90 Å². The molecule has 2 heteroatoms. The molecular formula is C37H59O2-. The molecule has 0 aliphatic carbocycles. The van der Waals surface area contributed by atoms with Crippen molar-refractivity contribution in [2.24, 2.45) is 5.92 Å². The minimum atomic E-state index is -0.855. The van der Waals surface area contributed by atoms with Crippen LogP contribution in [0.4, 0.5) is 0 Å². The van der Waals surface area contributed by atoms with Gasteiger partial charge in [-0.3, -0.25) is 0 Å². The van der Waals surface area contributed by atoms with Gasteiger partial charge in [0.1, 0.15) is 0 Å². The van der Waals surface area contributed by atoms with Crippen LogP contribution in [-0.2, 0) is 4.79 Å². The van der Waals surface area contributed by atoms with Gasteiger partial charge in [0.05, 0.1) is 0 Å². The van der Waals surface area contributed by atoms with Crippen LogP contribution in [0.1, 0.15) is 149 Å². The molecule has 0 aliphatic rings. The minimum Gasteiger partial charge on any atom is -0.550 e. The first-order chi connectivity index (χ1) is 19.2. The average Bonchev–Trinajstić information content (AvgIpc) is 2.96. The highest BCUT2D eigenvalue weighted by Gasteiger charge is 2.09. The highest BCUT2D eigenvalue weighted by atomic mass is 16.4. The Morgan fingerprint density at radius 3 is 1.13 bits per heavy atom. The number of carbonyl (C=O) groups excluding carboxylic acids is 1. The number of hydrogen-bond acceptors (Lipinski definition) is 2. The van der Waals surface area contributed by atoms with Gasteiger partial charge in [-0.25, -0.2) is 0 Å². The van der Waals surface area contributed by atoms with Crippen LogP contribution in [-0.4, -0.2) is 5.97 Å². The molecule has 0 saturated heterocycles. The lowest BCUT2D eigenvalue weighted by molar-refractivity contribution is -0.306. The van der Waals surface area contributed by atoms with Crippen LogP contribution in [0.5, 0.6) is 0 Å². The summed E-state index contributed by atoms with van der Waals surface area (Å²) in [5, 5.41) is 11.0. The topological polar surface area (TPSA) is 40.1 Å². The van der Waals surface area contributed by atoms with E-state index in [0.29, 0.717) is 5.92 Å². The molecule has 2 rings (SSSR count). The van der Waals surface area contributed by atoms with Crippen molar-refractivity contribution in [1.82, 2.24) is 0 Å². The second kappa shape index (κ2) is 26.1. The maximum absolute atomic E-state index is 11.0. The van der Waals surface area contributed by atoms with E-state index in [-0.39, 0.29) is 6.42 Å². The molecule has 0 aromatic heterocycles. The number of carboxylic acid groups (broad SMARTS) is 1. The van der Waals surface area contributed by atoms with Crippen LogP contribution in [0.15, 0.2) is 60.7 Å². The molecule has 2 nitrogen and oxygen atoms in total. The fourth-order valence-corrected chi connectivity index (χ4v) is 5.33. The van der Waals surface area contributed by atoms with Gasteiger partial charge in [-0.05, 0) is 23.5 Å². The molecule has 1 unspecified atom stereocenters. The van der Waals surface area contributed by atoms with E-state index >= 15 is 0 Å². The predicted molar refractivity (Wildman–Crippen MR) is 169 cm³/mol. The number of carboxylic acids is 1. The van der Waals surface area contributed by atoms with Gasteiger partial charge < -0.3 is 9.90 Å². The van der Waals surface area contributed by atoms with Crippen LogP contribution in [0.25, 0.3) is 11.1 Å². The van der Waals surface area contributed by atoms with Gasteiger partial charge >= 0.3 is 0 Å². The highest BCUT2D eigenvalue weighted by molar-refractivity contribution is 5.64. The lowest BCUT2D eigenvalue weighted by Crippen LogP contribution is -2.25. The lowest BCUT2D eigenvalue weighted by atomic mass is 9.91. The van der Waals surface area contributed by atoms with Gasteiger partial charge in [-0.15, -0.1) is 0 Å². The van der Waals surface area contributed by atoms with E-state index in [1.165, 1.54) is 127 Å². The molecule has 0 bridgehead atoms. The molecule has 0 spiro atoms. The number of aliphatic carboxylic acids is 1. The van der Waals surface area contributed by atoms with Crippen molar-refractivity contribution in [2.75, 3.05) is 0 Å². The Hall–Kier alpha value is -2.09. The van der Waals surface area contributed by atoms with Crippen LogP contribution < -0.4 is 5.11 Å². The molecule has 0 N–H and O–H groups in total. The summed E-state index contributed by atoms with van der Waals surface area (Å²) in [6, 6.07) is 20.8. The van der Waals surface area contributed by atoms with Crippen molar-refractivity contribution in [1.29, 1.82) is 0 Å². The van der Waals surface area contributed by atoms with Crippen molar-refractivity contribution in [2.45, 2.75) is 149 Å². The highest BCUT2D eigenvalue weighted by Crippen LogP contribution is 2.22. The van der Waals surface area contributed by atoms with Gasteiger partial charge in [0.25, 0.3) is 0 Å². The fraction of sp³-hybridized carbons (Fsp3) is 0.649. The molecule has 0 fully saturated rings. The molecule has 0 saturated carbocycles. The van der Waals surface area contributed by atoms with Gasteiger partial charge in [-0.1, -0.05) is 203 Å². The molecular weight excluding hydrogens is 476 g/mol. The SMILES string of the molecule is CCCCCCCCCCCCC(CCCCCCCCCC)CC(=O)[O-].c1ccc(-c2ccccc2)cc1.